The minimum absolute atomic E-state index is 0.989. The normalized spacial score (nSPS) is 11.2. The first kappa shape index (κ1) is 11.9. The van der Waals surface area contributed by atoms with Crippen molar-refractivity contribution in [1.82, 2.24) is 24.2 Å². The molecule has 0 aliphatic rings. The standard InChI is InChI=1S/C12H19N5/c1-15(10-11-16-9-5-13-12-16)6-3-8-17-7-2-4-14-17/h2,4-5,7,9,12H,3,6,8,10-11H2,1H3. The monoisotopic (exact) mass is 233 g/mol. The van der Waals surface area contributed by atoms with Crippen LogP contribution in [-0.2, 0) is 13.1 Å². The van der Waals surface area contributed by atoms with Gasteiger partial charge in [-0.05, 0) is 26.1 Å². The highest BCUT2D eigenvalue weighted by molar-refractivity contribution is 4.77. The summed E-state index contributed by atoms with van der Waals surface area (Å²) >= 11 is 0. The fourth-order valence-electron chi connectivity index (χ4n) is 1.75. The summed E-state index contributed by atoms with van der Waals surface area (Å²) in [5.74, 6) is 0. The van der Waals surface area contributed by atoms with Gasteiger partial charge in [0.25, 0.3) is 0 Å². The van der Waals surface area contributed by atoms with E-state index in [-0.39, 0.29) is 0 Å². The molecule has 0 aromatic carbocycles. The maximum atomic E-state index is 4.19. The number of imidazole rings is 1. The lowest BCUT2D eigenvalue weighted by molar-refractivity contribution is 0.305. The number of nitrogens with zero attached hydrogens (tertiary/aromatic N) is 5. The fourth-order valence-corrected chi connectivity index (χ4v) is 1.75. The van der Waals surface area contributed by atoms with Gasteiger partial charge in [0.15, 0.2) is 0 Å². The van der Waals surface area contributed by atoms with E-state index in [9.17, 15) is 0 Å². The van der Waals surface area contributed by atoms with Crippen molar-refractivity contribution in [3.8, 4) is 0 Å². The Kier molecular flexibility index (Phi) is 4.32. The number of aromatic nitrogens is 4. The van der Waals surface area contributed by atoms with Gasteiger partial charge in [0.2, 0.25) is 0 Å². The zero-order valence-corrected chi connectivity index (χ0v) is 10.2. The van der Waals surface area contributed by atoms with E-state index in [0.29, 0.717) is 0 Å². The maximum Gasteiger partial charge on any atom is 0.0946 e. The van der Waals surface area contributed by atoms with E-state index in [1.807, 2.05) is 41.9 Å². The topological polar surface area (TPSA) is 38.9 Å². The third kappa shape index (κ3) is 4.03. The Hall–Kier alpha value is -1.62. The molecular formula is C12H19N5. The second kappa shape index (κ2) is 6.20. The molecular weight excluding hydrogens is 214 g/mol. The molecule has 0 fully saturated rings. The second-order valence-electron chi connectivity index (χ2n) is 4.23. The smallest absolute Gasteiger partial charge is 0.0946 e. The van der Waals surface area contributed by atoms with Gasteiger partial charge in [-0.15, -0.1) is 0 Å². The average molecular weight is 233 g/mol. The largest absolute Gasteiger partial charge is 0.336 e. The van der Waals surface area contributed by atoms with E-state index in [1.54, 1.807) is 0 Å². The Bertz CT molecular complexity index is 392. The molecule has 2 aromatic heterocycles. The van der Waals surface area contributed by atoms with Crippen molar-refractivity contribution >= 4 is 0 Å². The summed E-state index contributed by atoms with van der Waals surface area (Å²) in [5.41, 5.74) is 0. The van der Waals surface area contributed by atoms with Crippen LogP contribution in [0.2, 0.25) is 0 Å². The first-order valence-corrected chi connectivity index (χ1v) is 5.96. The van der Waals surface area contributed by atoms with Crippen LogP contribution in [0.5, 0.6) is 0 Å². The number of aryl methyl sites for hydroxylation is 1. The Labute approximate surface area is 102 Å². The molecule has 0 aliphatic carbocycles. The summed E-state index contributed by atoms with van der Waals surface area (Å²) in [6, 6.07) is 1.96. The Balaban J connectivity index is 1.59. The molecule has 2 aromatic rings. The zero-order valence-electron chi connectivity index (χ0n) is 10.2. The molecule has 2 heterocycles. The Morgan fingerprint density at radius 1 is 1.12 bits per heavy atom. The molecule has 17 heavy (non-hydrogen) atoms. The predicted molar refractivity (Wildman–Crippen MR) is 66.6 cm³/mol. The van der Waals surface area contributed by atoms with Crippen molar-refractivity contribution in [2.45, 2.75) is 19.5 Å². The highest BCUT2D eigenvalue weighted by Gasteiger charge is 1.99. The van der Waals surface area contributed by atoms with E-state index < -0.39 is 0 Å². The van der Waals surface area contributed by atoms with Crippen LogP contribution in [0.1, 0.15) is 6.42 Å². The van der Waals surface area contributed by atoms with E-state index >= 15 is 0 Å². The van der Waals surface area contributed by atoms with Crippen LogP contribution >= 0.6 is 0 Å². The quantitative estimate of drug-likeness (QED) is 0.719. The zero-order chi connectivity index (χ0) is 11.9. The molecule has 0 bridgehead atoms. The van der Waals surface area contributed by atoms with Crippen molar-refractivity contribution in [3.63, 3.8) is 0 Å². The van der Waals surface area contributed by atoms with Crippen molar-refractivity contribution in [2.75, 3.05) is 20.1 Å². The van der Waals surface area contributed by atoms with Gasteiger partial charge in [0, 0.05) is 44.4 Å². The Morgan fingerprint density at radius 3 is 2.76 bits per heavy atom. The van der Waals surface area contributed by atoms with Crippen molar-refractivity contribution in [3.05, 3.63) is 37.2 Å². The van der Waals surface area contributed by atoms with Gasteiger partial charge >= 0.3 is 0 Å². The Morgan fingerprint density at radius 2 is 2.06 bits per heavy atom. The first-order valence-electron chi connectivity index (χ1n) is 5.96. The molecule has 5 heteroatoms. The van der Waals surface area contributed by atoms with Crippen molar-refractivity contribution < 1.29 is 0 Å². The van der Waals surface area contributed by atoms with Crippen LogP contribution in [-0.4, -0.2) is 44.4 Å². The molecule has 0 atom stereocenters. The number of likely N-dealkylation sites (N-methyl/N-ethyl adjacent to an activating group) is 1. The van der Waals surface area contributed by atoms with Crippen LogP contribution < -0.4 is 0 Å². The fraction of sp³-hybridized carbons (Fsp3) is 0.500. The van der Waals surface area contributed by atoms with Crippen LogP contribution in [0.15, 0.2) is 37.2 Å². The first-order chi connectivity index (χ1) is 8.34. The molecule has 0 spiro atoms. The van der Waals surface area contributed by atoms with Crippen LogP contribution in [0, 0.1) is 0 Å². The highest BCUT2D eigenvalue weighted by atomic mass is 15.3. The maximum absolute atomic E-state index is 4.19. The van der Waals surface area contributed by atoms with Crippen LogP contribution in [0.4, 0.5) is 0 Å². The third-order valence-electron chi connectivity index (χ3n) is 2.79. The summed E-state index contributed by atoms with van der Waals surface area (Å²) in [4.78, 5) is 6.37. The minimum Gasteiger partial charge on any atom is -0.336 e. The molecule has 0 saturated carbocycles. The summed E-state index contributed by atoms with van der Waals surface area (Å²) in [6.45, 7) is 4.13. The average Bonchev–Trinajstić information content (AvgIpc) is 2.99. The third-order valence-corrected chi connectivity index (χ3v) is 2.79. The lowest BCUT2D eigenvalue weighted by atomic mass is 10.4. The molecule has 0 N–H and O–H groups in total. The molecule has 0 radical (unpaired) electrons. The van der Waals surface area contributed by atoms with E-state index in [4.69, 9.17) is 0 Å². The van der Waals surface area contributed by atoms with Crippen LogP contribution in [0.3, 0.4) is 0 Å². The molecule has 92 valence electrons. The lowest BCUT2D eigenvalue weighted by Crippen LogP contribution is -2.24. The summed E-state index contributed by atoms with van der Waals surface area (Å²) < 4.78 is 4.08. The van der Waals surface area contributed by atoms with Gasteiger partial charge in [-0.25, -0.2) is 4.98 Å². The number of rotatable bonds is 7. The highest BCUT2D eigenvalue weighted by Crippen LogP contribution is 1.94. The predicted octanol–water partition coefficient (Wildman–Crippen LogP) is 1.10. The van der Waals surface area contributed by atoms with Crippen molar-refractivity contribution in [1.29, 1.82) is 0 Å². The molecule has 2 rings (SSSR count). The minimum atomic E-state index is 0.989. The van der Waals surface area contributed by atoms with Gasteiger partial charge in [0.05, 0.1) is 6.33 Å². The molecule has 0 saturated heterocycles. The van der Waals surface area contributed by atoms with E-state index in [0.717, 1.165) is 32.6 Å². The number of hydrogen-bond donors (Lipinski definition) is 0. The number of hydrogen-bond acceptors (Lipinski definition) is 3. The van der Waals surface area contributed by atoms with Gasteiger partial charge < -0.3 is 9.47 Å². The molecule has 5 nitrogen and oxygen atoms in total. The summed E-state index contributed by atoms with van der Waals surface area (Å²) in [6.07, 6.45) is 10.6. The summed E-state index contributed by atoms with van der Waals surface area (Å²) in [7, 11) is 2.15. The van der Waals surface area contributed by atoms with Gasteiger partial charge in [-0.3, -0.25) is 4.68 Å². The SMILES string of the molecule is CN(CCCn1cccn1)CCn1ccnc1. The molecule has 0 amide bonds. The second-order valence-corrected chi connectivity index (χ2v) is 4.23. The van der Waals surface area contributed by atoms with Crippen molar-refractivity contribution in [2.24, 2.45) is 0 Å². The molecule has 0 aliphatic heterocycles. The van der Waals surface area contributed by atoms with E-state index in [1.165, 1.54) is 0 Å². The van der Waals surface area contributed by atoms with Crippen LogP contribution in [0.25, 0.3) is 0 Å². The van der Waals surface area contributed by atoms with Gasteiger partial charge in [-0.1, -0.05) is 0 Å². The van der Waals surface area contributed by atoms with Gasteiger partial charge in [-0.2, -0.15) is 5.10 Å². The summed E-state index contributed by atoms with van der Waals surface area (Å²) in [5, 5.41) is 4.19. The lowest BCUT2D eigenvalue weighted by Gasteiger charge is -2.16. The van der Waals surface area contributed by atoms with E-state index in [2.05, 4.69) is 26.6 Å². The van der Waals surface area contributed by atoms with Gasteiger partial charge in [0.1, 0.15) is 0 Å². The molecule has 0 unspecified atom stereocenters.